The molecule has 0 aliphatic carbocycles. The van der Waals surface area contributed by atoms with Crippen LogP contribution in [-0.4, -0.2) is 69.6 Å². The molecule has 1 aromatic carbocycles. The standard InChI is InChI=1S/C18H20N6O2S2/c1-26-15-4-2-14(3-5-15)24-13-20-21-18(24)28-12-16(25)22-7-9-23(10-8-22)17-19-6-11-27-17/h2-6,11,13H,7-10,12H2,1H3. The van der Waals surface area contributed by atoms with Crippen LogP contribution in [0.4, 0.5) is 5.13 Å². The van der Waals surface area contributed by atoms with E-state index in [1.54, 1.807) is 24.8 Å². The molecule has 2 aromatic heterocycles. The Labute approximate surface area is 171 Å². The second-order valence-electron chi connectivity index (χ2n) is 6.15. The third-order valence-electron chi connectivity index (χ3n) is 4.51. The highest BCUT2D eigenvalue weighted by atomic mass is 32.2. The van der Waals surface area contributed by atoms with E-state index in [0.29, 0.717) is 24.0 Å². The van der Waals surface area contributed by atoms with E-state index < -0.39 is 0 Å². The molecule has 8 nitrogen and oxygen atoms in total. The van der Waals surface area contributed by atoms with Crippen molar-refractivity contribution in [2.24, 2.45) is 0 Å². The lowest BCUT2D eigenvalue weighted by molar-refractivity contribution is -0.128. The monoisotopic (exact) mass is 416 g/mol. The molecular weight excluding hydrogens is 396 g/mol. The van der Waals surface area contributed by atoms with Gasteiger partial charge in [0.25, 0.3) is 0 Å². The van der Waals surface area contributed by atoms with Gasteiger partial charge in [-0.05, 0) is 24.3 Å². The van der Waals surface area contributed by atoms with E-state index in [9.17, 15) is 4.79 Å². The number of thiazole rings is 1. The van der Waals surface area contributed by atoms with Gasteiger partial charge >= 0.3 is 0 Å². The van der Waals surface area contributed by atoms with Crippen molar-refractivity contribution in [2.45, 2.75) is 5.16 Å². The number of carbonyl (C=O) groups excluding carboxylic acids is 1. The number of amides is 1. The second-order valence-corrected chi connectivity index (χ2v) is 7.97. The molecule has 0 N–H and O–H groups in total. The fourth-order valence-corrected chi connectivity index (χ4v) is 4.51. The third kappa shape index (κ3) is 4.12. The molecule has 28 heavy (non-hydrogen) atoms. The first-order chi connectivity index (χ1) is 13.7. The average molecular weight is 417 g/mol. The van der Waals surface area contributed by atoms with Gasteiger partial charge in [0.1, 0.15) is 12.1 Å². The van der Waals surface area contributed by atoms with E-state index in [1.165, 1.54) is 11.8 Å². The fraction of sp³-hybridized carbons (Fsp3) is 0.333. The van der Waals surface area contributed by atoms with Gasteiger partial charge in [-0.25, -0.2) is 4.98 Å². The van der Waals surface area contributed by atoms with Crippen LogP contribution in [0.15, 0.2) is 47.3 Å². The van der Waals surface area contributed by atoms with E-state index >= 15 is 0 Å². The van der Waals surface area contributed by atoms with Crippen molar-refractivity contribution in [3.05, 3.63) is 42.2 Å². The van der Waals surface area contributed by atoms with Gasteiger partial charge in [0, 0.05) is 43.4 Å². The molecule has 146 valence electrons. The largest absolute Gasteiger partial charge is 0.497 e. The van der Waals surface area contributed by atoms with Crippen LogP contribution in [0.5, 0.6) is 5.75 Å². The molecule has 0 spiro atoms. The van der Waals surface area contributed by atoms with Gasteiger partial charge in [-0.15, -0.1) is 21.5 Å². The highest BCUT2D eigenvalue weighted by molar-refractivity contribution is 7.99. The number of ether oxygens (including phenoxy) is 1. The van der Waals surface area contributed by atoms with Crippen LogP contribution in [0.2, 0.25) is 0 Å². The van der Waals surface area contributed by atoms with Gasteiger partial charge in [-0.1, -0.05) is 11.8 Å². The molecule has 0 bridgehead atoms. The number of hydrogen-bond donors (Lipinski definition) is 0. The van der Waals surface area contributed by atoms with Crippen molar-refractivity contribution in [3.63, 3.8) is 0 Å². The third-order valence-corrected chi connectivity index (χ3v) is 6.27. The quantitative estimate of drug-likeness (QED) is 0.570. The molecule has 0 unspecified atom stereocenters. The molecule has 1 aliphatic heterocycles. The fourth-order valence-electron chi connectivity index (χ4n) is 2.98. The highest BCUT2D eigenvalue weighted by Crippen LogP contribution is 2.23. The number of aromatic nitrogens is 4. The highest BCUT2D eigenvalue weighted by Gasteiger charge is 2.23. The lowest BCUT2D eigenvalue weighted by Gasteiger charge is -2.34. The Balaban J connectivity index is 1.32. The maximum atomic E-state index is 12.6. The summed E-state index contributed by atoms with van der Waals surface area (Å²) in [7, 11) is 1.64. The summed E-state index contributed by atoms with van der Waals surface area (Å²) >= 11 is 3.03. The predicted molar refractivity (Wildman–Crippen MR) is 110 cm³/mol. The van der Waals surface area contributed by atoms with Gasteiger partial charge in [0.05, 0.1) is 12.9 Å². The molecule has 3 aromatic rings. The first kappa shape index (κ1) is 18.8. The van der Waals surface area contributed by atoms with Crippen molar-refractivity contribution in [1.29, 1.82) is 0 Å². The summed E-state index contributed by atoms with van der Waals surface area (Å²) in [6, 6.07) is 7.64. The number of nitrogens with zero attached hydrogens (tertiary/aromatic N) is 6. The molecule has 1 saturated heterocycles. The molecule has 4 rings (SSSR count). The number of rotatable bonds is 6. The maximum Gasteiger partial charge on any atom is 0.233 e. The number of methoxy groups -OCH3 is 1. The number of anilines is 1. The van der Waals surface area contributed by atoms with Crippen LogP contribution in [0.1, 0.15) is 0 Å². The molecule has 0 atom stereocenters. The normalized spacial score (nSPS) is 14.3. The summed E-state index contributed by atoms with van der Waals surface area (Å²) in [4.78, 5) is 21.1. The Morgan fingerprint density at radius 2 is 2.00 bits per heavy atom. The van der Waals surface area contributed by atoms with Crippen molar-refractivity contribution in [3.8, 4) is 11.4 Å². The molecule has 1 fully saturated rings. The Hall–Kier alpha value is -2.59. The minimum absolute atomic E-state index is 0.119. The zero-order valence-corrected chi connectivity index (χ0v) is 17.0. The predicted octanol–water partition coefficient (Wildman–Crippen LogP) is 2.17. The molecule has 1 aliphatic rings. The smallest absolute Gasteiger partial charge is 0.233 e. The van der Waals surface area contributed by atoms with Gasteiger partial charge in [-0.2, -0.15) is 0 Å². The molecule has 0 saturated carbocycles. The van der Waals surface area contributed by atoms with E-state index in [0.717, 1.165) is 29.7 Å². The van der Waals surface area contributed by atoms with Crippen LogP contribution in [-0.2, 0) is 4.79 Å². The number of benzene rings is 1. The minimum Gasteiger partial charge on any atom is -0.497 e. The van der Waals surface area contributed by atoms with Gasteiger partial charge in [0.2, 0.25) is 5.91 Å². The molecule has 0 radical (unpaired) electrons. The van der Waals surface area contributed by atoms with Crippen molar-refractivity contribution in [1.82, 2.24) is 24.6 Å². The van der Waals surface area contributed by atoms with Crippen molar-refractivity contribution >= 4 is 34.1 Å². The Kier molecular flexibility index (Phi) is 5.77. The van der Waals surface area contributed by atoms with E-state index in [1.807, 2.05) is 45.3 Å². The van der Waals surface area contributed by atoms with E-state index in [-0.39, 0.29) is 5.91 Å². The second kappa shape index (κ2) is 8.61. The van der Waals surface area contributed by atoms with Crippen molar-refractivity contribution in [2.75, 3.05) is 43.9 Å². The van der Waals surface area contributed by atoms with Crippen LogP contribution >= 0.6 is 23.1 Å². The summed E-state index contributed by atoms with van der Waals surface area (Å²) in [6.45, 7) is 3.05. The summed E-state index contributed by atoms with van der Waals surface area (Å²) < 4.78 is 7.06. The molecule has 3 heterocycles. The topological polar surface area (TPSA) is 76.4 Å². The average Bonchev–Trinajstić information content (AvgIpc) is 3.44. The number of piperazine rings is 1. The maximum absolute atomic E-state index is 12.6. The van der Waals surface area contributed by atoms with E-state index in [2.05, 4.69) is 20.1 Å². The number of carbonyl (C=O) groups is 1. The van der Waals surface area contributed by atoms with Crippen LogP contribution in [0.25, 0.3) is 5.69 Å². The lowest BCUT2D eigenvalue weighted by atomic mass is 10.3. The van der Waals surface area contributed by atoms with E-state index in [4.69, 9.17) is 4.74 Å². The summed E-state index contributed by atoms with van der Waals surface area (Å²) in [5.41, 5.74) is 0.929. The zero-order valence-electron chi connectivity index (χ0n) is 15.4. The summed E-state index contributed by atoms with van der Waals surface area (Å²) in [5, 5.41) is 11.8. The number of hydrogen-bond acceptors (Lipinski definition) is 8. The molecule has 10 heteroatoms. The minimum atomic E-state index is 0.119. The Morgan fingerprint density at radius 1 is 1.21 bits per heavy atom. The van der Waals surface area contributed by atoms with Crippen LogP contribution < -0.4 is 9.64 Å². The molecular formula is C18H20N6O2S2. The van der Waals surface area contributed by atoms with Gasteiger partial charge < -0.3 is 14.5 Å². The van der Waals surface area contributed by atoms with Crippen molar-refractivity contribution < 1.29 is 9.53 Å². The summed E-state index contributed by atoms with van der Waals surface area (Å²) in [6.07, 6.45) is 3.47. The lowest BCUT2D eigenvalue weighted by Crippen LogP contribution is -2.49. The number of thioether (sulfide) groups is 1. The Morgan fingerprint density at radius 3 is 2.68 bits per heavy atom. The van der Waals surface area contributed by atoms with Crippen LogP contribution in [0, 0.1) is 0 Å². The first-order valence-electron chi connectivity index (χ1n) is 8.84. The van der Waals surface area contributed by atoms with Crippen LogP contribution in [0.3, 0.4) is 0 Å². The SMILES string of the molecule is COc1ccc(-n2cnnc2SCC(=O)N2CCN(c3nccs3)CC2)cc1. The van der Waals surface area contributed by atoms with Gasteiger partial charge in [-0.3, -0.25) is 9.36 Å². The Bertz CT molecular complexity index is 905. The summed E-state index contributed by atoms with van der Waals surface area (Å²) in [5.74, 6) is 1.25. The zero-order chi connectivity index (χ0) is 19.3. The van der Waals surface area contributed by atoms with Gasteiger partial charge in [0.15, 0.2) is 10.3 Å². The molecule has 1 amide bonds. The first-order valence-corrected chi connectivity index (χ1v) is 10.7.